The normalized spacial score (nSPS) is 36.4. The van der Waals surface area contributed by atoms with E-state index in [9.17, 15) is 19.2 Å². The Morgan fingerprint density at radius 3 is 1.23 bits per heavy atom. The van der Waals surface area contributed by atoms with Crippen LogP contribution in [0.5, 0.6) is 0 Å². The zero-order valence-corrected chi connectivity index (χ0v) is 41.9. The van der Waals surface area contributed by atoms with Crippen LogP contribution >= 0.6 is 0 Å². The van der Waals surface area contributed by atoms with E-state index in [0.29, 0.717) is 12.8 Å². The average Bonchev–Trinajstić information content (AvgIpc) is 3.93. The minimum absolute atomic E-state index is 0.104. The number of carbonyl (C=O) groups excluding carboxylic acids is 4. The fraction of sp³-hybridized carbons (Fsp3) is 0.609. The quantitative estimate of drug-likeness (QED) is 0.130. The van der Waals surface area contributed by atoms with Gasteiger partial charge < -0.3 is 0 Å². The second kappa shape index (κ2) is 16.4. The summed E-state index contributed by atoms with van der Waals surface area (Å²) in [5.74, 6) is 0.566. The first-order valence-electron chi connectivity index (χ1n) is 21.1. The van der Waals surface area contributed by atoms with Gasteiger partial charge in [-0.3, -0.25) is 0 Å². The summed E-state index contributed by atoms with van der Waals surface area (Å²) in [6, 6.07) is -0.904. The van der Waals surface area contributed by atoms with Gasteiger partial charge in [0.25, 0.3) is 0 Å². The second-order valence-electron chi connectivity index (χ2n) is 19.2. The van der Waals surface area contributed by atoms with E-state index in [0.717, 1.165) is 38.5 Å². The first-order valence-corrected chi connectivity index (χ1v) is 29.7. The topological polar surface area (TPSA) is 116 Å². The van der Waals surface area contributed by atoms with Crippen LogP contribution in [0.3, 0.4) is 0 Å². The van der Waals surface area contributed by atoms with Gasteiger partial charge in [0.2, 0.25) is 0 Å². The van der Waals surface area contributed by atoms with Crippen LogP contribution in [0.15, 0.2) is 69.9 Å². The van der Waals surface area contributed by atoms with Crippen molar-refractivity contribution in [3.63, 3.8) is 0 Å². The minimum atomic E-state index is -2.25. The fourth-order valence-electron chi connectivity index (χ4n) is 13.1. The third-order valence-electron chi connectivity index (χ3n) is 15.5. The number of nitrogens with one attached hydrogen (secondary N) is 4. The molecule has 0 fully saturated rings. The van der Waals surface area contributed by atoms with E-state index in [4.69, 9.17) is 0 Å². The molecule has 4 N–H and O–H groups in total. The first kappa shape index (κ1) is 43.9. The van der Waals surface area contributed by atoms with Gasteiger partial charge in [-0.1, -0.05) is 0 Å². The molecule has 306 valence electrons. The maximum atomic E-state index is 12.5. The first-order chi connectivity index (χ1) is 27.0. The van der Waals surface area contributed by atoms with Crippen molar-refractivity contribution in [3.8, 4) is 0 Å². The Labute approximate surface area is 356 Å². The van der Waals surface area contributed by atoms with E-state index in [1.807, 2.05) is 0 Å². The van der Waals surface area contributed by atoms with E-state index in [1.165, 1.54) is 33.4 Å². The molecule has 10 unspecified atom stereocenters. The van der Waals surface area contributed by atoms with Gasteiger partial charge in [-0.15, -0.1) is 0 Å². The summed E-state index contributed by atoms with van der Waals surface area (Å²) in [5.41, 5.74) is 8.76. The Kier molecular flexibility index (Phi) is 12.7. The number of amides is 4. The van der Waals surface area contributed by atoms with Gasteiger partial charge in [0.05, 0.1) is 0 Å². The predicted octanol–water partition coefficient (Wildman–Crippen LogP) is 6.66. The van der Waals surface area contributed by atoms with Crippen LogP contribution in [0.2, 0.25) is 32.5 Å². The third-order valence-corrected chi connectivity index (χ3v) is 31.0. The van der Waals surface area contributed by atoms with Crippen LogP contribution in [-0.2, 0) is 42.1 Å². The van der Waals surface area contributed by atoms with Gasteiger partial charge >= 0.3 is 358 Å². The van der Waals surface area contributed by atoms with Crippen LogP contribution < -0.4 is 21.3 Å². The Hall–Kier alpha value is -2.64. The molecule has 0 spiro atoms. The summed E-state index contributed by atoms with van der Waals surface area (Å²) >= 11 is -2.25. The standard InChI is InChI=1S/2C23H33N2O2Si.Hf/c2*1-14-15(2)21(25-13-27)18(24-12-26)11-17-19(14)22(28(5)6)23(3,4)20(17)16-9-7-8-10-16;/h2*7-9,12-15,18,21H,10-11H2,1-6H3,(H,24,26)(H,25,27);. The molecule has 0 aliphatic heterocycles. The van der Waals surface area contributed by atoms with Crippen molar-refractivity contribution in [1.29, 1.82) is 0 Å². The van der Waals surface area contributed by atoms with Crippen LogP contribution in [0.1, 0.15) is 81.1 Å². The monoisotopic (exact) mass is 974 g/mol. The maximum absolute atomic E-state index is 12.5. The van der Waals surface area contributed by atoms with Crippen molar-refractivity contribution in [1.82, 2.24) is 21.3 Å². The molecule has 6 rings (SSSR count). The molecule has 0 heterocycles. The summed E-state index contributed by atoms with van der Waals surface area (Å²) in [7, 11) is -1.96. The molecule has 57 heavy (non-hydrogen) atoms. The molecule has 0 saturated heterocycles. The van der Waals surface area contributed by atoms with Gasteiger partial charge in [0.1, 0.15) is 0 Å². The van der Waals surface area contributed by atoms with Crippen molar-refractivity contribution < 1.29 is 42.1 Å². The number of hydrogen-bond donors (Lipinski definition) is 4. The van der Waals surface area contributed by atoms with Gasteiger partial charge in [0, 0.05) is 0 Å². The molecule has 4 amide bonds. The van der Waals surface area contributed by atoms with Gasteiger partial charge in [0.15, 0.2) is 0 Å². The van der Waals surface area contributed by atoms with Gasteiger partial charge in [-0.25, -0.2) is 0 Å². The van der Waals surface area contributed by atoms with Crippen LogP contribution in [0.25, 0.3) is 0 Å². The van der Waals surface area contributed by atoms with Crippen molar-refractivity contribution in [2.45, 2.75) is 138 Å². The third kappa shape index (κ3) is 6.48. The predicted molar refractivity (Wildman–Crippen MR) is 233 cm³/mol. The molecular weight excluding hydrogens is 907 g/mol. The Morgan fingerprint density at radius 2 is 0.947 bits per heavy atom. The summed E-state index contributed by atoms with van der Waals surface area (Å²) in [5, 5.41) is 16.2. The Morgan fingerprint density at radius 1 is 0.596 bits per heavy atom. The van der Waals surface area contributed by atoms with E-state index < -0.39 is 39.7 Å². The number of carbonyl (C=O) groups is 4. The zero-order valence-electron chi connectivity index (χ0n) is 36.4. The molecule has 0 radical (unpaired) electrons. The van der Waals surface area contributed by atoms with E-state index in [-0.39, 0.29) is 65.0 Å². The summed E-state index contributed by atoms with van der Waals surface area (Å²) in [4.78, 5) is 49.5. The number of hydrogen-bond acceptors (Lipinski definition) is 4. The SMILES string of the molecule is CC1C2=C(CC(NC=O)C(NC=O)C1C)[C]([Hf][C]1(C3=CC=CC3)C3=C(C(=[Si](C)C)C1(C)C)C(C)C(C)C(NC=O)C(NC=O)C3)(C1=CC=CC1)C(C)(C)C2=[Si](C)C. The molecule has 0 aromatic heterocycles. The summed E-state index contributed by atoms with van der Waals surface area (Å²) in [6.45, 7) is 29.5. The van der Waals surface area contributed by atoms with E-state index in [2.05, 4.69) is 139 Å². The molecule has 10 atom stereocenters. The molecule has 8 nitrogen and oxygen atoms in total. The van der Waals surface area contributed by atoms with Gasteiger partial charge in [-0.2, -0.15) is 0 Å². The number of rotatable bonds is 12. The molecule has 0 bridgehead atoms. The van der Waals surface area contributed by atoms with E-state index in [1.54, 1.807) is 10.3 Å². The Bertz CT molecular complexity index is 1830. The fourth-order valence-corrected chi connectivity index (χ4v) is 29.2. The van der Waals surface area contributed by atoms with Crippen LogP contribution in [0.4, 0.5) is 0 Å². The molecule has 11 heteroatoms. The van der Waals surface area contributed by atoms with Crippen molar-refractivity contribution in [2.24, 2.45) is 34.5 Å². The molecule has 6 aliphatic carbocycles. The Balaban J connectivity index is 1.77. The zero-order chi connectivity index (χ0) is 41.8. The van der Waals surface area contributed by atoms with E-state index >= 15 is 0 Å². The van der Waals surface area contributed by atoms with Crippen molar-refractivity contribution in [2.75, 3.05) is 0 Å². The molecular formula is C46H66HfN4O4Si2. The summed E-state index contributed by atoms with van der Waals surface area (Å²) < 4.78 is -0.485. The van der Waals surface area contributed by atoms with Crippen LogP contribution in [0, 0.1) is 34.5 Å². The number of allylic oxidation sites excluding steroid dienone is 10. The second-order valence-corrected chi connectivity index (χ2v) is 30.5. The molecule has 0 saturated carbocycles. The van der Waals surface area contributed by atoms with Crippen molar-refractivity contribution in [3.05, 3.63) is 69.9 Å². The van der Waals surface area contributed by atoms with Crippen LogP contribution in [-0.4, -0.2) is 77.0 Å². The average molecular weight is 974 g/mol. The van der Waals surface area contributed by atoms with Crippen molar-refractivity contribution >= 4 is 52.8 Å². The molecule has 0 aromatic carbocycles. The molecule has 0 aromatic rings. The summed E-state index contributed by atoms with van der Waals surface area (Å²) in [6.07, 6.45) is 20.7. The molecule has 6 aliphatic rings. The van der Waals surface area contributed by atoms with Gasteiger partial charge in [-0.05, 0) is 0 Å².